The second-order valence-corrected chi connectivity index (χ2v) is 5.32. The Hall–Kier alpha value is -3.69. The average Bonchev–Trinajstić information content (AvgIpc) is 2.64. The number of pyridine rings is 1. The molecule has 1 aromatic carbocycles. The molecule has 0 aliphatic rings. The summed E-state index contributed by atoms with van der Waals surface area (Å²) in [5, 5.41) is 13.2. The predicted octanol–water partition coefficient (Wildman–Crippen LogP) is 2.64. The third kappa shape index (κ3) is 8.13. The number of carboxylic acid groups (broad SMARTS) is 1. The number of carboxylic acids is 1. The number of halogens is 1. The SMILES string of the molecule is CC(=O)C(=O)O.CCOC(=O)Nc1ccc(NCc2ccc(F)cc2)nc1N. The molecule has 2 aromatic rings. The number of hydrogen-bond acceptors (Lipinski definition) is 7. The topological polar surface area (TPSA) is 144 Å². The van der Waals surface area contributed by atoms with Crippen LogP contribution in [0.1, 0.15) is 19.4 Å². The van der Waals surface area contributed by atoms with Gasteiger partial charge >= 0.3 is 12.1 Å². The largest absolute Gasteiger partial charge is 0.476 e. The van der Waals surface area contributed by atoms with E-state index in [0.29, 0.717) is 18.1 Å². The van der Waals surface area contributed by atoms with E-state index in [1.54, 1.807) is 31.2 Å². The fourth-order valence-corrected chi connectivity index (χ4v) is 1.75. The van der Waals surface area contributed by atoms with Crippen molar-refractivity contribution in [1.29, 1.82) is 0 Å². The molecule has 1 heterocycles. The highest BCUT2D eigenvalue weighted by Gasteiger charge is 2.07. The van der Waals surface area contributed by atoms with E-state index in [1.807, 2.05) is 0 Å². The van der Waals surface area contributed by atoms with Crippen LogP contribution in [0.3, 0.4) is 0 Å². The van der Waals surface area contributed by atoms with Gasteiger partial charge in [-0.2, -0.15) is 0 Å². The minimum Gasteiger partial charge on any atom is -0.476 e. The number of nitrogen functional groups attached to an aromatic ring is 1. The van der Waals surface area contributed by atoms with Gasteiger partial charge < -0.3 is 20.9 Å². The van der Waals surface area contributed by atoms with Crippen LogP contribution in [0.15, 0.2) is 36.4 Å². The van der Waals surface area contributed by atoms with Crippen molar-refractivity contribution in [3.05, 3.63) is 47.8 Å². The Morgan fingerprint density at radius 2 is 1.79 bits per heavy atom. The summed E-state index contributed by atoms with van der Waals surface area (Å²) in [6, 6.07) is 9.47. The molecule has 0 radical (unpaired) electrons. The van der Waals surface area contributed by atoms with E-state index < -0.39 is 17.8 Å². The first kappa shape index (κ1) is 22.4. The number of ketones is 1. The number of aliphatic carboxylic acids is 1. The fraction of sp³-hybridized carbons (Fsp3) is 0.222. The zero-order valence-corrected chi connectivity index (χ0v) is 15.4. The lowest BCUT2D eigenvalue weighted by Gasteiger charge is -2.10. The molecule has 2 rings (SSSR count). The molecular formula is C18H21FN4O5. The van der Waals surface area contributed by atoms with Gasteiger partial charge in [-0.3, -0.25) is 10.1 Å². The Morgan fingerprint density at radius 3 is 2.29 bits per heavy atom. The quantitative estimate of drug-likeness (QED) is 0.549. The fourth-order valence-electron chi connectivity index (χ4n) is 1.75. The summed E-state index contributed by atoms with van der Waals surface area (Å²) < 4.78 is 17.6. The van der Waals surface area contributed by atoms with Crippen molar-refractivity contribution in [3.8, 4) is 0 Å². The molecule has 0 unspecified atom stereocenters. The molecule has 5 N–H and O–H groups in total. The second-order valence-electron chi connectivity index (χ2n) is 5.32. The Balaban J connectivity index is 0.000000568. The molecular weight excluding hydrogens is 371 g/mol. The summed E-state index contributed by atoms with van der Waals surface area (Å²) in [6.07, 6.45) is -0.581. The summed E-state index contributed by atoms with van der Waals surface area (Å²) in [4.78, 5) is 34.4. The first-order valence-corrected chi connectivity index (χ1v) is 8.15. The van der Waals surface area contributed by atoms with E-state index in [1.165, 1.54) is 12.1 Å². The molecule has 1 aromatic heterocycles. The number of amides is 1. The van der Waals surface area contributed by atoms with Gasteiger partial charge in [0.1, 0.15) is 17.5 Å². The zero-order chi connectivity index (χ0) is 21.1. The third-order valence-electron chi connectivity index (χ3n) is 3.12. The average molecular weight is 392 g/mol. The number of carbonyl (C=O) groups is 3. The van der Waals surface area contributed by atoms with Gasteiger partial charge in [-0.15, -0.1) is 0 Å². The van der Waals surface area contributed by atoms with Gasteiger partial charge in [0, 0.05) is 13.5 Å². The maximum atomic E-state index is 12.8. The lowest BCUT2D eigenvalue weighted by molar-refractivity contribution is -0.148. The smallest absolute Gasteiger partial charge is 0.411 e. The number of aromatic nitrogens is 1. The molecule has 0 saturated heterocycles. The number of Topliss-reactive ketones (excluding diaryl/α,β-unsaturated/α-hetero) is 1. The highest BCUT2D eigenvalue weighted by atomic mass is 19.1. The van der Waals surface area contributed by atoms with Crippen LogP contribution >= 0.6 is 0 Å². The standard InChI is InChI=1S/C15H17FN4O2.C3H4O3/c1-2-22-15(21)19-12-7-8-13(20-14(12)17)18-9-10-3-5-11(16)6-4-10;1-2(4)3(5)6/h3-8H,2,9H2,1H3,(H,19,21)(H3,17,18,20);1H3,(H,5,6). The van der Waals surface area contributed by atoms with Crippen LogP contribution in [-0.4, -0.2) is 34.5 Å². The number of nitrogens with one attached hydrogen (secondary N) is 2. The first-order chi connectivity index (χ1) is 13.2. The van der Waals surface area contributed by atoms with Gasteiger partial charge in [0.2, 0.25) is 5.78 Å². The molecule has 10 heteroatoms. The van der Waals surface area contributed by atoms with Crippen molar-refractivity contribution in [2.75, 3.05) is 23.0 Å². The number of carbonyl (C=O) groups excluding carboxylic acids is 2. The van der Waals surface area contributed by atoms with Crippen molar-refractivity contribution in [1.82, 2.24) is 4.98 Å². The van der Waals surface area contributed by atoms with E-state index in [2.05, 4.69) is 15.6 Å². The van der Waals surface area contributed by atoms with Crippen LogP contribution in [-0.2, 0) is 20.9 Å². The molecule has 0 spiro atoms. The lowest BCUT2D eigenvalue weighted by atomic mass is 10.2. The highest BCUT2D eigenvalue weighted by Crippen LogP contribution is 2.19. The van der Waals surface area contributed by atoms with Crippen molar-refractivity contribution in [2.45, 2.75) is 20.4 Å². The number of rotatable bonds is 6. The Labute approximate surface area is 160 Å². The monoisotopic (exact) mass is 392 g/mol. The Bertz CT molecular complexity index is 815. The molecule has 0 bridgehead atoms. The van der Waals surface area contributed by atoms with Crippen molar-refractivity contribution in [2.24, 2.45) is 0 Å². The number of benzene rings is 1. The first-order valence-electron chi connectivity index (χ1n) is 8.15. The van der Waals surface area contributed by atoms with E-state index in [9.17, 15) is 18.8 Å². The van der Waals surface area contributed by atoms with E-state index >= 15 is 0 Å². The highest BCUT2D eigenvalue weighted by molar-refractivity contribution is 6.31. The molecule has 28 heavy (non-hydrogen) atoms. The van der Waals surface area contributed by atoms with Gasteiger partial charge in [0.25, 0.3) is 0 Å². The number of anilines is 3. The van der Waals surface area contributed by atoms with Gasteiger partial charge in [-0.05, 0) is 36.8 Å². The number of hydrogen-bond donors (Lipinski definition) is 4. The molecule has 0 aliphatic heterocycles. The van der Waals surface area contributed by atoms with Gasteiger partial charge in [-0.25, -0.2) is 19.0 Å². The minimum absolute atomic E-state index is 0.178. The van der Waals surface area contributed by atoms with E-state index in [0.717, 1.165) is 12.5 Å². The zero-order valence-electron chi connectivity index (χ0n) is 15.4. The molecule has 0 atom stereocenters. The predicted molar refractivity (Wildman–Crippen MR) is 101 cm³/mol. The van der Waals surface area contributed by atoms with Gasteiger partial charge in [0.05, 0.1) is 12.3 Å². The van der Waals surface area contributed by atoms with Gasteiger partial charge in [-0.1, -0.05) is 12.1 Å². The number of nitrogens with zero attached hydrogens (tertiary/aromatic N) is 1. The molecule has 0 fully saturated rings. The van der Waals surface area contributed by atoms with Crippen LogP contribution in [0.4, 0.5) is 26.5 Å². The van der Waals surface area contributed by atoms with Crippen molar-refractivity contribution in [3.63, 3.8) is 0 Å². The van der Waals surface area contributed by atoms with Crippen LogP contribution < -0.4 is 16.4 Å². The Kier molecular flexibility index (Phi) is 8.87. The lowest BCUT2D eigenvalue weighted by Crippen LogP contribution is -2.15. The maximum Gasteiger partial charge on any atom is 0.411 e. The summed E-state index contributed by atoms with van der Waals surface area (Å²) in [6.45, 7) is 3.47. The van der Waals surface area contributed by atoms with Crippen LogP contribution in [0.25, 0.3) is 0 Å². The summed E-state index contributed by atoms with van der Waals surface area (Å²) in [5.74, 6) is -1.75. The van der Waals surface area contributed by atoms with Crippen molar-refractivity contribution >= 4 is 35.2 Å². The second kappa shape index (κ2) is 11.1. The maximum absolute atomic E-state index is 12.8. The Morgan fingerprint density at radius 1 is 1.18 bits per heavy atom. The van der Waals surface area contributed by atoms with E-state index in [4.69, 9.17) is 15.6 Å². The molecule has 0 aliphatic carbocycles. The van der Waals surface area contributed by atoms with Crippen molar-refractivity contribution < 1.29 is 28.6 Å². The summed E-state index contributed by atoms with van der Waals surface area (Å²) in [7, 11) is 0. The van der Waals surface area contributed by atoms with Crippen LogP contribution in [0.5, 0.6) is 0 Å². The number of nitrogens with two attached hydrogens (primary N) is 1. The molecule has 1 amide bonds. The minimum atomic E-state index is -1.38. The number of ether oxygens (including phenoxy) is 1. The third-order valence-corrected chi connectivity index (χ3v) is 3.12. The normalized spacial score (nSPS) is 9.54. The van der Waals surface area contributed by atoms with E-state index in [-0.39, 0.29) is 18.2 Å². The van der Waals surface area contributed by atoms with Crippen LogP contribution in [0.2, 0.25) is 0 Å². The summed E-state index contributed by atoms with van der Waals surface area (Å²) in [5.41, 5.74) is 7.08. The van der Waals surface area contributed by atoms with Gasteiger partial charge in [0.15, 0.2) is 0 Å². The molecule has 9 nitrogen and oxygen atoms in total. The summed E-state index contributed by atoms with van der Waals surface area (Å²) >= 11 is 0. The molecule has 0 saturated carbocycles. The molecule has 150 valence electrons. The van der Waals surface area contributed by atoms with Crippen LogP contribution in [0, 0.1) is 5.82 Å².